The summed E-state index contributed by atoms with van der Waals surface area (Å²) in [5, 5.41) is 4.31. The van der Waals surface area contributed by atoms with Gasteiger partial charge < -0.3 is 4.90 Å². The van der Waals surface area contributed by atoms with E-state index in [0.717, 1.165) is 30.8 Å². The van der Waals surface area contributed by atoms with Gasteiger partial charge >= 0.3 is 0 Å². The molecule has 3 heterocycles. The van der Waals surface area contributed by atoms with Gasteiger partial charge in [-0.3, -0.25) is 19.4 Å². The van der Waals surface area contributed by atoms with Gasteiger partial charge in [0.1, 0.15) is 0 Å². The first kappa shape index (κ1) is 13.7. The summed E-state index contributed by atoms with van der Waals surface area (Å²) in [5.41, 5.74) is 1.86. The first-order valence-corrected chi connectivity index (χ1v) is 7.29. The van der Waals surface area contributed by atoms with E-state index < -0.39 is 0 Å². The Balaban J connectivity index is 1.63. The van der Waals surface area contributed by atoms with Crippen LogP contribution in [0.15, 0.2) is 30.9 Å². The van der Waals surface area contributed by atoms with E-state index in [0.29, 0.717) is 13.0 Å². The molecule has 110 valence electrons. The average Bonchev–Trinajstić information content (AvgIpc) is 3.14. The Bertz CT molecular complexity index is 610. The molecule has 0 N–H and O–H groups in total. The predicted molar refractivity (Wildman–Crippen MR) is 77.3 cm³/mol. The van der Waals surface area contributed by atoms with Crippen LogP contribution in [0.4, 0.5) is 0 Å². The molecule has 0 saturated carbocycles. The summed E-state index contributed by atoms with van der Waals surface area (Å²) < 4.78 is 1.82. The van der Waals surface area contributed by atoms with Crippen molar-refractivity contribution in [3.8, 4) is 0 Å². The number of nitrogens with zero attached hydrogens (tertiary/aromatic N) is 5. The van der Waals surface area contributed by atoms with Crippen LogP contribution < -0.4 is 0 Å². The lowest BCUT2D eigenvalue weighted by Crippen LogP contribution is -2.31. The van der Waals surface area contributed by atoms with Gasteiger partial charge in [-0.1, -0.05) is 0 Å². The van der Waals surface area contributed by atoms with Crippen LogP contribution in [0.3, 0.4) is 0 Å². The fourth-order valence-electron chi connectivity index (χ4n) is 2.80. The first-order valence-electron chi connectivity index (χ1n) is 7.29. The van der Waals surface area contributed by atoms with Crippen LogP contribution in [0.2, 0.25) is 0 Å². The summed E-state index contributed by atoms with van der Waals surface area (Å²) in [6, 6.07) is 2.02. The molecule has 1 atom stereocenters. The Morgan fingerprint density at radius 2 is 2.33 bits per heavy atom. The minimum Gasteiger partial charge on any atom is -0.334 e. The van der Waals surface area contributed by atoms with Crippen molar-refractivity contribution in [1.29, 1.82) is 0 Å². The van der Waals surface area contributed by atoms with Gasteiger partial charge in [0.2, 0.25) is 5.91 Å². The van der Waals surface area contributed by atoms with E-state index in [1.54, 1.807) is 18.6 Å². The van der Waals surface area contributed by atoms with Gasteiger partial charge in [-0.15, -0.1) is 0 Å². The molecule has 21 heavy (non-hydrogen) atoms. The zero-order valence-corrected chi connectivity index (χ0v) is 12.1. The van der Waals surface area contributed by atoms with Crippen molar-refractivity contribution in [2.24, 2.45) is 0 Å². The van der Waals surface area contributed by atoms with Gasteiger partial charge in [-0.2, -0.15) is 5.10 Å². The van der Waals surface area contributed by atoms with Crippen LogP contribution in [-0.2, 0) is 11.3 Å². The van der Waals surface area contributed by atoms with Crippen LogP contribution >= 0.6 is 0 Å². The van der Waals surface area contributed by atoms with Gasteiger partial charge in [0, 0.05) is 38.1 Å². The van der Waals surface area contributed by atoms with Gasteiger partial charge in [0.05, 0.1) is 23.6 Å². The normalized spacial score (nSPS) is 18.1. The van der Waals surface area contributed by atoms with Crippen molar-refractivity contribution < 1.29 is 4.79 Å². The van der Waals surface area contributed by atoms with Crippen LogP contribution in [0.1, 0.15) is 36.7 Å². The van der Waals surface area contributed by atoms with E-state index in [9.17, 15) is 4.79 Å². The minimum absolute atomic E-state index is 0.0746. The van der Waals surface area contributed by atoms with E-state index in [4.69, 9.17) is 0 Å². The maximum atomic E-state index is 12.4. The molecule has 0 aromatic carbocycles. The first-order chi connectivity index (χ1) is 10.2. The molecular formula is C15H19N5O. The number of carbonyl (C=O) groups excluding carboxylic acids is 1. The standard InChI is InChI=1S/C15H19N5O/c1-12-4-9-19(18-12)10-5-15(21)20-8-2-3-14(20)13-11-16-6-7-17-13/h4,6-7,9,11,14H,2-3,5,8,10H2,1H3/t14-/m1/s1. The number of rotatable bonds is 4. The molecule has 0 unspecified atom stereocenters. The lowest BCUT2D eigenvalue weighted by molar-refractivity contribution is -0.132. The molecule has 1 amide bonds. The van der Waals surface area contributed by atoms with Gasteiger partial charge in [0.15, 0.2) is 0 Å². The van der Waals surface area contributed by atoms with Crippen LogP contribution in [0, 0.1) is 6.92 Å². The van der Waals surface area contributed by atoms with E-state index >= 15 is 0 Å². The van der Waals surface area contributed by atoms with Gasteiger partial charge in [-0.05, 0) is 25.8 Å². The topological polar surface area (TPSA) is 63.9 Å². The highest BCUT2D eigenvalue weighted by atomic mass is 16.2. The fraction of sp³-hybridized carbons (Fsp3) is 0.467. The number of amides is 1. The predicted octanol–water partition coefficient (Wildman–Crippen LogP) is 1.74. The van der Waals surface area contributed by atoms with E-state index in [-0.39, 0.29) is 11.9 Å². The van der Waals surface area contributed by atoms with Crippen molar-refractivity contribution in [1.82, 2.24) is 24.6 Å². The Morgan fingerprint density at radius 1 is 1.43 bits per heavy atom. The molecule has 6 heteroatoms. The SMILES string of the molecule is Cc1ccn(CCC(=O)N2CCC[C@@H]2c2cnccn2)n1. The third-order valence-corrected chi connectivity index (χ3v) is 3.83. The second kappa shape index (κ2) is 6.03. The Hall–Kier alpha value is -2.24. The molecule has 0 bridgehead atoms. The lowest BCUT2D eigenvalue weighted by Gasteiger charge is -2.24. The number of likely N-dealkylation sites (tertiary alicyclic amines) is 1. The monoisotopic (exact) mass is 285 g/mol. The molecule has 3 rings (SSSR count). The lowest BCUT2D eigenvalue weighted by atomic mass is 10.1. The molecular weight excluding hydrogens is 266 g/mol. The molecule has 1 saturated heterocycles. The summed E-state index contributed by atoms with van der Waals surface area (Å²) in [6.07, 6.45) is 9.46. The summed E-state index contributed by atoms with van der Waals surface area (Å²) >= 11 is 0. The molecule has 2 aromatic rings. The minimum atomic E-state index is 0.0746. The zero-order valence-electron chi connectivity index (χ0n) is 12.1. The van der Waals surface area contributed by atoms with Gasteiger partial charge in [-0.25, -0.2) is 0 Å². The van der Waals surface area contributed by atoms with E-state index in [2.05, 4.69) is 15.1 Å². The third-order valence-electron chi connectivity index (χ3n) is 3.83. The largest absolute Gasteiger partial charge is 0.334 e. The number of carbonyl (C=O) groups is 1. The summed E-state index contributed by atoms with van der Waals surface area (Å²) in [7, 11) is 0. The molecule has 1 fully saturated rings. The highest BCUT2D eigenvalue weighted by Gasteiger charge is 2.30. The average molecular weight is 285 g/mol. The number of hydrogen-bond donors (Lipinski definition) is 0. The van der Waals surface area contributed by atoms with E-state index in [1.807, 2.05) is 28.8 Å². The third kappa shape index (κ3) is 3.09. The second-order valence-electron chi connectivity index (χ2n) is 5.35. The van der Waals surface area contributed by atoms with Crippen molar-refractivity contribution >= 4 is 5.91 Å². The quantitative estimate of drug-likeness (QED) is 0.858. The molecule has 1 aliphatic rings. The number of hydrogen-bond acceptors (Lipinski definition) is 4. The molecule has 0 spiro atoms. The second-order valence-corrected chi connectivity index (χ2v) is 5.35. The zero-order chi connectivity index (χ0) is 14.7. The molecule has 1 aliphatic heterocycles. The number of aromatic nitrogens is 4. The summed E-state index contributed by atoms with van der Waals surface area (Å²) in [4.78, 5) is 22.8. The number of aryl methyl sites for hydroxylation is 2. The van der Waals surface area contributed by atoms with Crippen molar-refractivity contribution in [2.75, 3.05) is 6.54 Å². The Kier molecular flexibility index (Phi) is 3.94. The fourth-order valence-corrected chi connectivity index (χ4v) is 2.80. The highest BCUT2D eigenvalue weighted by Crippen LogP contribution is 2.30. The maximum Gasteiger partial charge on any atom is 0.225 e. The van der Waals surface area contributed by atoms with Crippen molar-refractivity contribution in [2.45, 2.75) is 38.8 Å². The summed E-state index contributed by atoms with van der Waals surface area (Å²) in [6.45, 7) is 3.37. The van der Waals surface area contributed by atoms with Crippen LogP contribution in [0.25, 0.3) is 0 Å². The Labute approximate surface area is 123 Å². The molecule has 2 aromatic heterocycles. The molecule has 0 aliphatic carbocycles. The smallest absolute Gasteiger partial charge is 0.225 e. The van der Waals surface area contributed by atoms with Gasteiger partial charge in [0.25, 0.3) is 0 Å². The van der Waals surface area contributed by atoms with Crippen molar-refractivity contribution in [3.63, 3.8) is 0 Å². The van der Waals surface area contributed by atoms with E-state index in [1.165, 1.54) is 0 Å². The van der Waals surface area contributed by atoms with Crippen molar-refractivity contribution in [3.05, 3.63) is 42.2 Å². The van der Waals surface area contributed by atoms with Crippen LogP contribution in [0.5, 0.6) is 0 Å². The molecule has 0 radical (unpaired) electrons. The van der Waals surface area contributed by atoms with Crippen LogP contribution in [-0.4, -0.2) is 37.1 Å². The molecule has 6 nitrogen and oxygen atoms in total. The Morgan fingerprint density at radius 3 is 3.05 bits per heavy atom. The summed E-state index contributed by atoms with van der Waals surface area (Å²) in [5.74, 6) is 0.163. The highest BCUT2D eigenvalue weighted by molar-refractivity contribution is 5.76. The maximum absolute atomic E-state index is 12.4.